The van der Waals surface area contributed by atoms with Gasteiger partial charge in [-0.2, -0.15) is 0 Å². The number of hydrogen-bond acceptors (Lipinski definition) is 2. The molecule has 0 radical (unpaired) electrons. The van der Waals surface area contributed by atoms with Gasteiger partial charge in [0.15, 0.2) is 0 Å². The molecule has 1 aromatic heterocycles. The molecule has 0 aromatic carbocycles. The maximum absolute atomic E-state index is 11.8. The van der Waals surface area contributed by atoms with Gasteiger partial charge in [0.1, 0.15) is 5.56 Å². The molecule has 0 atom stereocenters. The maximum atomic E-state index is 11.8. The van der Waals surface area contributed by atoms with Crippen LogP contribution >= 0.6 is 0 Å². The van der Waals surface area contributed by atoms with Gasteiger partial charge in [0.05, 0.1) is 6.54 Å². The van der Waals surface area contributed by atoms with Gasteiger partial charge in [-0.15, -0.1) is 6.42 Å². The number of rotatable bonds is 3. The Morgan fingerprint density at radius 3 is 2.93 bits per heavy atom. The van der Waals surface area contributed by atoms with Gasteiger partial charge in [-0.25, -0.2) is 0 Å². The molecule has 4 heteroatoms. The molecule has 0 aliphatic heterocycles. The van der Waals surface area contributed by atoms with Gasteiger partial charge in [-0.05, 0) is 19.1 Å². The van der Waals surface area contributed by atoms with Crippen LogP contribution in [-0.4, -0.2) is 28.9 Å². The molecule has 1 amide bonds. The predicted octanol–water partition coefficient (Wildman–Crippen LogP) is 0.470. The van der Waals surface area contributed by atoms with Crippen molar-refractivity contribution in [2.45, 2.75) is 6.92 Å². The second kappa shape index (κ2) is 5.01. The lowest BCUT2D eigenvalue weighted by Crippen LogP contribution is -2.34. The van der Waals surface area contributed by atoms with E-state index in [1.165, 1.54) is 17.2 Å². The van der Waals surface area contributed by atoms with Crippen LogP contribution in [-0.2, 0) is 0 Å². The fraction of sp³-hybridized carbons (Fsp3) is 0.273. The summed E-state index contributed by atoms with van der Waals surface area (Å²) in [5.41, 5.74) is -0.271. The number of terminal acetylenes is 1. The molecule has 78 valence electrons. The molecule has 1 heterocycles. The average molecular weight is 204 g/mol. The van der Waals surface area contributed by atoms with E-state index >= 15 is 0 Å². The van der Waals surface area contributed by atoms with Crippen molar-refractivity contribution in [1.82, 2.24) is 9.88 Å². The minimum Gasteiger partial charge on any atom is -0.328 e. The third-order valence-electron chi connectivity index (χ3n) is 2.00. The highest BCUT2D eigenvalue weighted by Gasteiger charge is 2.15. The van der Waals surface area contributed by atoms with Crippen molar-refractivity contribution in [3.05, 3.63) is 34.2 Å². The van der Waals surface area contributed by atoms with Gasteiger partial charge >= 0.3 is 0 Å². The smallest absolute Gasteiger partial charge is 0.260 e. The number of pyridine rings is 1. The number of nitrogens with zero attached hydrogens (tertiary/aromatic N) is 1. The van der Waals surface area contributed by atoms with Crippen LogP contribution in [0.5, 0.6) is 0 Å². The second-order valence-corrected chi connectivity index (χ2v) is 2.94. The van der Waals surface area contributed by atoms with Crippen LogP contribution in [0.3, 0.4) is 0 Å². The third kappa shape index (κ3) is 2.47. The van der Waals surface area contributed by atoms with Crippen LogP contribution in [0.4, 0.5) is 0 Å². The first-order valence-electron chi connectivity index (χ1n) is 4.61. The van der Waals surface area contributed by atoms with E-state index in [0.717, 1.165) is 0 Å². The highest BCUT2D eigenvalue weighted by Crippen LogP contribution is 1.98. The summed E-state index contributed by atoms with van der Waals surface area (Å²) in [4.78, 5) is 27.0. The summed E-state index contributed by atoms with van der Waals surface area (Å²) >= 11 is 0. The van der Waals surface area contributed by atoms with Gasteiger partial charge in [0, 0.05) is 12.7 Å². The summed E-state index contributed by atoms with van der Waals surface area (Å²) < 4.78 is 0. The molecule has 15 heavy (non-hydrogen) atoms. The Morgan fingerprint density at radius 2 is 2.40 bits per heavy atom. The van der Waals surface area contributed by atoms with E-state index in [9.17, 15) is 9.59 Å². The summed E-state index contributed by atoms with van der Waals surface area (Å²) in [6.45, 7) is 2.51. The van der Waals surface area contributed by atoms with Gasteiger partial charge in [-0.3, -0.25) is 9.59 Å². The van der Waals surface area contributed by atoms with Crippen molar-refractivity contribution >= 4 is 5.91 Å². The fourth-order valence-electron chi connectivity index (χ4n) is 1.20. The summed E-state index contributed by atoms with van der Waals surface area (Å²) in [6.07, 6.45) is 6.61. The standard InChI is InChI=1S/C11H12N2O2/c1-3-8-13(4-2)11(15)9-6-5-7-12-10(9)14/h1,5-7H,4,8H2,2H3,(H,12,14). The minimum atomic E-state index is -0.391. The van der Waals surface area contributed by atoms with E-state index in [-0.39, 0.29) is 18.0 Å². The number of carbonyl (C=O) groups excluding carboxylic acids is 1. The molecule has 0 fully saturated rings. The molecule has 0 aliphatic carbocycles. The predicted molar refractivity (Wildman–Crippen MR) is 57.5 cm³/mol. The Morgan fingerprint density at radius 1 is 1.67 bits per heavy atom. The summed E-state index contributed by atoms with van der Waals surface area (Å²) in [7, 11) is 0. The number of aromatic nitrogens is 1. The second-order valence-electron chi connectivity index (χ2n) is 2.94. The molecule has 1 N–H and O–H groups in total. The lowest BCUT2D eigenvalue weighted by atomic mass is 10.2. The first kappa shape index (κ1) is 11.1. The van der Waals surface area contributed by atoms with Gasteiger partial charge < -0.3 is 9.88 Å². The van der Waals surface area contributed by atoms with E-state index in [4.69, 9.17) is 6.42 Å². The average Bonchev–Trinajstić information content (AvgIpc) is 2.25. The van der Waals surface area contributed by atoms with E-state index < -0.39 is 5.56 Å². The van der Waals surface area contributed by atoms with Crippen molar-refractivity contribution < 1.29 is 4.79 Å². The summed E-state index contributed by atoms with van der Waals surface area (Å²) in [5.74, 6) is 2.05. The highest BCUT2D eigenvalue weighted by atomic mass is 16.2. The van der Waals surface area contributed by atoms with Crippen LogP contribution in [0.25, 0.3) is 0 Å². The monoisotopic (exact) mass is 204 g/mol. The first-order chi connectivity index (χ1) is 7.20. The first-order valence-corrected chi connectivity index (χ1v) is 4.61. The molecule has 0 aliphatic rings. The Kier molecular flexibility index (Phi) is 3.69. The molecule has 4 nitrogen and oxygen atoms in total. The molecular formula is C11H12N2O2. The molecule has 0 spiro atoms. The van der Waals surface area contributed by atoms with Crippen molar-refractivity contribution in [3.8, 4) is 12.3 Å². The van der Waals surface area contributed by atoms with Gasteiger partial charge in [-0.1, -0.05) is 5.92 Å². The van der Waals surface area contributed by atoms with Crippen molar-refractivity contribution in [2.24, 2.45) is 0 Å². The number of aromatic amines is 1. The maximum Gasteiger partial charge on any atom is 0.260 e. The van der Waals surface area contributed by atoms with Crippen molar-refractivity contribution in [2.75, 3.05) is 13.1 Å². The van der Waals surface area contributed by atoms with E-state index in [1.807, 2.05) is 6.92 Å². The number of carbonyl (C=O) groups is 1. The van der Waals surface area contributed by atoms with Crippen LogP contribution < -0.4 is 5.56 Å². The molecule has 0 bridgehead atoms. The minimum absolute atomic E-state index is 0.120. The lowest BCUT2D eigenvalue weighted by Gasteiger charge is -2.17. The lowest BCUT2D eigenvalue weighted by molar-refractivity contribution is 0.0783. The largest absolute Gasteiger partial charge is 0.328 e. The summed E-state index contributed by atoms with van der Waals surface area (Å²) in [5, 5.41) is 0. The third-order valence-corrected chi connectivity index (χ3v) is 2.00. The van der Waals surface area contributed by atoms with E-state index in [0.29, 0.717) is 6.54 Å². The van der Waals surface area contributed by atoms with E-state index in [1.54, 1.807) is 6.07 Å². The van der Waals surface area contributed by atoms with E-state index in [2.05, 4.69) is 10.9 Å². The normalized spacial score (nSPS) is 9.33. The van der Waals surface area contributed by atoms with Crippen molar-refractivity contribution in [1.29, 1.82) is 0 Å². The zero-order valence-electron chi connectivity index (χ0n) is 8.49. The quantitative estimate of drug-likeness (QED) is 0.728. The number of hydrogen-bond donors (Lipinski definition) is 1. The molecule has 0 saturated carbocycles. The molecule has 0 unspecified atom stereocenters. The van der Waals surface area contributed by atoms with Crippen LogP contribution in [0, 0.1) is 12.3 Å². The van der Waals surface area contributed by atoms with Crippen LogP contribution in [0.1, 0.15) is 17.3 Å². The Hall–Kier alpha value is -2.02. The number of amides is 1. The topological polar surface area (TPSA) is 53.2 Å². The van der Waals surface area contributed by atoms with Crippen molar-refractivity contribution in [3.63, 3.8) is 0 Å². The van der Waals surface area contributed by atoms with Gasteiger partial charge in [0.25, 0.3) is 11.5 Å². The number of nitrogens with one attached hydrogen (secondary N) is 1. The summed E-state index contributed by atoms with van der Waals surface area (Å²) in [6, 6.07) is 3.10. The fourth-order valence-corrected chi connectivity index (χ4v) is 1.20. The Balaban J connectivity index is 2.99. The molecule has 1 aromatic rings. The highest BCUT2D eigenvalue weighted by molar-refractivity contribution is 5.93. The Labute approximate surface area is 87.9 Å². The molecular weight excluding hydrogens is 192 g/mol. The Bertz CT molecular complexity index is 442. The van der Waals surface area contributed by atoms with Crippen LogP contribution in [0.2, 0.25) is 0 Å². The van der Waals surface area contributed by atoms with Gasteiger partial charge in [0.2, 0.25) is 0 Å². The zero-order valence-corrected chi connectivity index (χ0v) is 8.49. The molecule has 0 saturated heterocycles. The SMILES string of the molecule is C#CCN(CC)C(=O)c1ccc[nH]c1=O. The number of H-pyrrole nitrogens is 1. The van der Waals surface area contributed by atoms with Crippen LogP contribution in [0.15, 0.2) is 23.1 Å². The zero-order chi connectivity index (χ0) is 11.3. The molecule has 1 rings (SSSR count).